The van der Waals surface area contributed by atoms with Gasteiger partial charge in [-0.2, -0.15) is 5.10 Å². The van der Waals surface area contributed by atoms with E-state index in [1.807, 2.05) is 0 Å². The summed E-state index contributed by atoms with van der Waals surface area (Å²) in [5.41, 5.74) is 5.88. The van der Waals surface area contributed by atoms with Crippen molar-refractivity contribution in [3.63, 3.8) is 0 Å². The number of nitro groups is 1. The second-order valence-corrected chi connectivity index (χ2v) is 7.87. The number of aryl methyl sites for hydroxylation is 1. The molecule has 0 radical (unpaired) electrons. The van der Waals surface area contributed by atoms with Crippen LogP contribution in [-0.2, 0) is 11.3 Å². The quantitative estimate of drug-likeness (QED) is 0.370. The number of rotatable bonds is 8. The molecule has 0 spiro atoms. The van der Waals surface area contributed by atoms with Crippen LogP contribution in [0.1, 0.15) is 30.6 Å². The number of hydrogen-bond acceptors (Lipinski definition) is 6. The van der Waals surface area contributed by atoms with Gasteiger partial charge in [0.05, 0.1) is 28.1 Å². The van der Waals surface area contributed by atoms with Gasteiger partial charge >= 0.3 is 0 Å². The molecule has 0 saturated heterocycles. The van der Waals surface area contributed by atoms with Crippen molar-refractivity contribution in [2.45, 2.75) is 32.4 Å². The molecule has 3 rings (SSSR count). The van der Waals surface area contributed by atoms with E-state index >= 15 is 0 Å². The van der Waals surface area contributed by atoms with Crippen molar-refractivity contribution in [3.8, 4) is 11.1 Å². The van der Waals surface area contributed by atoms with Crippen molar-refractivity contribution in [1.82, 2.24) is 15.1 Å². The van der Waals surface area contributed by atoms with Crippen molar-refractivity contribution in [1.29, 1.82) is 0 Å². The molecule has 0 unspecified atom stereocenters. The first-order valence-electron chi connectivity index (χ1n) is 9.58. The van der Waals surface area contributed by atoms with Crippen LogP contribution in [-0.4, -0.2) is 43.8 Å². The van der Waals surface area contributed by atoms with Crippen molar-refractivity contribution >= 4 is 28.4 Å². The largest absolute Gasteiger partial charge is 0.390 e. The fourth-order valence-corrected chi connectivity index (χ4v) is 3.07. The minimum absolute atomic E-state index is 0.0829. The predicted molar refractivity (Wildman–Crippen MR) is 114 cm³/mol. The SMILES string of the molecule is CC(C)(O)CCn1cc2cc([N+](=O)[O-])c(-c3ccc(C(=O)NCC(N)=O)cc3)cc2n1. The molecule has 0 atom stereocenters. The Bertz CT molecular complexity index is 1150. The first-order valence-corrected chi connectivity index (χ1v) is 9.58. The summed E-state index contributed by atoms with van der Waals surface area (Å²) in [6.07, 6.45) is 2.19. The Kier molecular flexibility index (Phi) is 6.02. The number of nitrogens with two attached hydrogens (primary N) is 1. The van der Waals surface area contributed by atoms with Crippen LogP contribution in [0.4, 0.5) is 5.69 Å². The number of aliphatic hydroxyl groups is 1. The third kappa shape index (κ3) is 5.43. The molecule has 1 aromatic heterocycles. The Hall–Kier alpha value is -3.79. The van der Waals surface area contributed by atoms with Gasteiger partial charge in [-0.3, -0.25) is 24.4 Å². The molecule has 0 aliphatic rings. The standard InChI is InChI=1S/C21H23N5O5/c1-21(2,29)7-8-25-12-15-9-18(26(30)31)16(10-17(15)24-25)13-3-5-14(6-4-13)20(28)23-11-19(22)27/h3-6,9-10,12,29H,7-8,11H2,1-2H3,(H2,22,27)(H,23,28). The lowest BCUT2D eigenvalue weighted by Crippen LogP contribution is -2.33. The van der Waals surface area contributed by atoms with Gasteiger partial charge in [0, 0.05) is 29.8 Å². The summed E-state index contributed by atoms with van der Waals surface area (Å²) in [5.74, 6) is -1.13. The maximum absolute atomic E-state index is 12.0. The molecule has 0 aliphatic carbocycles. The summed E-state index contributed by atoms with van der Waals surface area (Å²) in [7, 11) is 0. The Morgan fingerprint density at radius 1 is 1.26 bits per heavy atom. The second kappa shape index (κ2) is 8.52. The van der Waals surface area contributed by atoms with E-state index in [1.54, 1.807) is 42.9 Å². The van der Waals surface area contributed by atoms with Crippen LogP contribution in [0.3, 0.4) is 0 Å². The summed E-state index contributed by atoms with van der Waals surface area (Å²) in [4.78, 5) is 34.0. The lowest BCUT2D eigenvalue weighted by molar-refractivity contribution is -0.384. The molecule has 0 fully saturated rings. The number of nitro benzene ring substituents is 1. The van der Waals surface area contributed by atoms with Gasteiger partial charge in [0.1, 0.15) is 0 Å². The van der Waals surface area contributed by atoms with Crippen molar-refractivity contribution < 1.29 is 19.6 Å². The number of primary amides is 1. The number of hydrogen-bond donors (Lipinski definition) is 3. The Balaban J connectivity index is 1.93. The van der Waals surface area contributed by atoms with Gasteiger partial charge in [-0.1, -0.05) is 12.1 Å². The molecule has 162 valence electrons. The monoisotopic (exact) mass is 425 g/mol. The Morgan fingerprint density at radius 3 is 2.52 bits per heavy atom. The van der Waals surface area contributed by atoms with Crippen LogP contribution in [0.2, 0.25) is 0 Å². The number of carbonyl (C=O) groups excluding carboxylic acids is 2. The van der Waals surface area contributed by atoms with Crippen LogP contribution in [0, 0.1) is 10.1 Å². The summed E-state index contributed by atoms with van der Waals surface area (Å²) < 4.78 is 1.66. The smallest absolute Gasteiger partial charge is 0.278 e. The van der Waals surface area contributed by atoms with Gasteiger partial charge in [0.25, 0.3) is 11.6 Å². The van der Waals surface area contributed by atoms with Crippen LogP contribution in [0.5, 0.6) is 0 Å². The zero-order valence-corrected chi connectivity index (χ0v) is 17.2. The van der Waals surface area contributed by atoms with Gasteiger partial charge in [0.2, 0.25) is 5.91 Å². The summed E-state index contributed by atoms with van der Waals surface area (Å²) >= 11 is 0. The maximum atomic E-state index is 12.0. The number of nitrogens with zero attached hydrogens (tertiary/aromatic N) is 3. The van der Waals surface area contributed by atoms with Crippen LogP contribution in [0.15, 0.2) is 42.6 Å². The Labute approximate surface area is 177 Å². The minimum Gasteiger partial charge on any atom is -0.390 e. The number of amides is 2. The molecular weight excluding hydrogens is 402 g/mol. The molecule has 10 heteroatoms. The van der Waals surface area contributed by atoms with Gasteiger partial charge in [-0.05, 0) is 44.0 Å². The number of fused-ring (bicyclic) bond motifs is 1. The topological polar surface area (TPSA) is 153 Å². The van der Waals surface area contributed by atoms with E-state index in [2.05, 4.69) is 10.4 Å². The predicted octanol–water partition coefficient (Wildman–Crippen LogP) is 1.99. The molecule has 2 aromatic carbocycles. The molecule has 10 nitrogen and oxygen atoms in total. The fraction of sp³-hybridized carbons (Fsp3) is 0.286. The van der Waals surface area contributed by atoms with E-state index in [0.29, 0.717) is 40.6 Å². The number of carbonyl (C=O) groups is 2. The summed E-state index contributed by atoms with van der Waals surface area (Å²) in [5, 5.41) is 29.0. The van der Waals surface area contributed by atoms with E-state index in [-0.39, 0.29) is 12.2 Å². The molecular formula is C21H23N5O5. The van der Waals surface area contributed by atoms with E-state index in [0.717, 1.165) is 0 Å². The Morgan fingerprint density at radius 2 is 1.94 bits per heavy atom. The molecule has 1 heterocycles. The number of benzene rings is 2. The van der Waals surface area contributed by atoms with Crippen molar-refractivity contribution in [2.24, 2.45) is 5.73 Å². The normalized spacial score (nSPS) is 11.5. The minimum atomic E-state index is -0.846. The van der Waals surface area contributed by atoms with Crippen LogP contribution >= 0.6 is 0 Å². The van der Waals surface area contributed by atoms with Gasteiger partial charge in [-0.15, -0.1) is 0 Å². The molecule has 0 saturated carbocycles. The van der Waals surface area contributed by atoms with Crippen molar-refractivity contribution in [3.05, 3.63) is 58.3 Å². The highest BCUT2D eigenvalue weighted by molar-refractivity contribution is 5.97. The summed E-state index contributed by atoms with van der Waals surface area (Å²) in [6.45, 7) is 3.60. The molecule has 3 aromatic rings. The first-order chi connectivity index (χ1) is 14.5. The number of aromatic nitrogens is 2. The average molecular weight is 425 g/mol. The molecule has 4 N–H and O–H groups in total. The summed E-state index contributed by atoms with van der Waals surface area (Å²) in [6, 6.07) is 9.32. The lowest BCUT2D eigenvalue weighted by atomic mass is 10.0. The van der Waals surface area contributed by atoms with Crippen molar-refractivity contribution in [2.75, 3.05) is 6.54 Å². The molecule has 0 aliphatic heterocycles. The van der Waals surface area contributed by atoms with E-state index in [1.165, 1.54) is 18.2 Å². The van der Waals surface area contributed by atoms with E-state index in [4.69, 9.17) is 5.73 Å². The average Bonchev–Trinajstić information content (AvgIpc) is 3.11. The molecule has 31 heavy (non-hydrogen) atoms. The highest BCUT2D eigenvalue weighted by atomic mass is 16.6. The number of nitrogens with one attached hydrogen (secondary N) is 1. The first kappa shape index (κ1) is 21.9. The third-order valence-corrected chi connectivity index (χ3v) is 4.70. The zero-order chi connectivity index (χ0) is 22.8. The second-order valence-electron chi connectivity index (χ2n) is 7.87. The van der Waals surface area contributed by atoms with E-state index < -0.39 is 22.3 Å². The highest BCUT2D eigenvalue weighted by Gasteiger charge is 2.20. The lowest BCUT2D eigenvalue weighted by Gasteiger charge is -2.16. The maximum Gasteiger partial charge on any atom is 0.278 e. The zero-order valence-electron chi connectivity index (χ0n) is 17.2. The van der Waals surface area contributed by atoms with Gasteiger partial charge < -0.3 is 16.2 Å². The third-order valence-electron chi connectivity index (χ3n) is 4.70. The van der Waals surface area contributed by atoms with Crippen LogP contribution in [0.25, 0.3) is 22.0 Å². The molecule has 2 amide bonds. The van der Waals surface area contributed by atoms with Gasteiger partial charge in [0.15, 0.2) is 0 Å². The molecule has 0 bridgehead atoms. The fourth-order valence-electron chi connectivity index (χ4n) is 3.07. The highest BCUT2D eigenvalue weighted by Crippen LogP contribution is 2.34. The van der Waals surface area contributed by atoms with E-state index in [9.17, 15) is 24.8 Å². The van der Waals surface area contributed by atoms with Crippen LogP contribution < -0.4 is 11.1 Å². The van der Waals surface area contributed by atoms with Gasteiger partial charge in [-0.25, -0.2) is 0 Å².